The molecular formula is C48H79N3O6+2. The Balaban J connectivity index is 1.02. The number of aliphatic hydroxyl groups excluding tert-OH is 3. The lowest BCUT2D eigenvalue weighted by Crippen LogP contribution is -2.95. The van der Waals surface area contributed by atoms with Crippen molar-refractivity contribution in [3.05, 3.63) is 12.2 Å². The van der Waals surface area contributed by atoms with Crippen LogP contribution in [-0.2, 0) is 14.3 Å². The maximum absolute atomic E-state index is 14.3. The van der Waals surface area contributed by atoms with Crippen molar-refractivity contribution < 1.29 is 40.3 Å². The Hall–Kier alpha value is -1.64. The molecule has 0 aromatic carbocycles. The molecule has 2 heterocycles. The van der Waals surface area contributed by atoms with Gasteiger partial charge in [0.2, 0.25) is 0 Å². The zero-order valence-electron chi connectivity index (χ0n) is 35.3. The third-order valence-electron chi connectivity index (χ3n) is 16.8. The number of hydrogen-bond acceptors (Lipinski definition) is 7. The first-order valence-electron chi connectivity index (χ1n) is 23.8. The number of allylic oxidation sites excluding steroid dienone is 2. The van der Waals surface area contributed by atoms with Gasteiger partial charge in [-0.3, -0.25) is 15.3 Å². The van der Waals surface area contributed by atoms with E-state index in [1.807, 2.05) is 0 Å². The second-order valence-electron chi connectivity index (χ2n) is 20.4. The van der Waals surface area contributed by atoms with Crippen molar-refractivity contribution in [2.45, 2.75) is 184 Å². The minimum absolute atomic E-state index is 0.0693. The van der Waals surface area contributed by atoms with E-state index in [-0.39, 0.29) is 35.8 Å². The largest absolute Gasteiger partial charge is 0.393 e. The fraction of sp³-hybridized carbons (Fsp3) is 0.875. The molecule has 0 bridgehead atoms. The van der Waals surface area contributed by atoms with Gasteiger partial charge in [-0.25, -0.2) is 0 Å². The summed E-state index contributed by atoms with van der Waals surface area (Å²) in [7, 11) is 1.67. The van der Waals surface area contributed by atoms with E-state index in [4.69, 9.17) is 10.5 Å². The van der Waals surface area contributed by atoms with Gasteiger partial charge in [-0.05, 0) is 132 Å². The van der Waals surface area contributed by atoms with E-state index < -0.39 is 23.7 Å². The van der Waals surface area contributed by atoms with Gasteiger partial charge in [0.25, 0.3) is 0 Å². The highest BCUT2D eigenvalue weighted by molar-refractivity contribution is 5.89. The fourth-order valence-corrected chi connectivity index (χ4v) is 13.1. The molecule has 2 saturated heterocycles. The van der Waals surface area contributed by atoms with Crippen molar-refractivity contribution in [3.63, 3.8) is 0 Å². The Morgan fingerprint density at radius 3 is 2.51 bits per heavy atom. The number of hydrogen-bond donors (Lipinski definition) is 6. The first-order valence-corrected chi connectivity index (χ1v) is 23.8. The van der Waals surface area contributed by atoms with Crippen LogP contribution in [0, 0.1) is 70.5 Å². The Morgan fingerprint density at radius 2 is 1.72 bits per heavy atom. The molecule has 9 nitrogen and oxygen atoms in total. The molecule has 15 atom stereocenters. The van der Waals surface area contributed by atoms with Crippen molar-refractivity contribution in [1.82, 2.24) is 0 Å². The molecule has 1 spiro atoms. The molecule has 9 heteroatoms. The van der Waals surface area contributed by atoms with Crippen LogP contribution < -0.4 is 16.4 Å². The van der Waals surface area contributed by atoms with Crippen molar-refractivity contribution in [1.29, 1.82) is 0 Å². The SMILES string of the molecule is COC1CC2CCC(=O)[C@]3(C#C[C@H](CC[C@H](O)C[C@H](C=CC4CCCCC4)C4CC[NH2+]C(N)C4)C2CC1O)CC[C@H](CC[C@H]1C[NH2+][C@@H]2CC(=O)CC[C@H]2C1)C[C@H]3O. The van der Waals surface area contributed by atoms with Crippen molar-refractivity contribution >= 4 is 11.6 Å². The van der Waals surface area contributed by atoms with Crippen LogP contribution in [-0.4, -0.2) is 83.7 Å². The van der Waals surface area contributed by atoms with E-state index in [2.05, 4.69) is 34.6 Å². The monoisotopic (exact) mass is 794 g/mol. The molecule has 2 aliphatic heterocycles. The molecule has 0 amide bonds. The van der Waals surface area contributed by atoms with Crippen LogP contribution in [0.15, 0.2) is 12.2 Å². The maximum atomic E-state index is 14.3. The highest BCUT2D eigenvalue weighted by Gasteiger charge is 2.49. The van der Waals surface area contributed by atoms with Crippen LogP contribution in [0.2, 0.25) is 0 Å². The van der Waals surface area contributed by atoms with Crippen LogP contribution in [0.5, 0.6) is 0 Å². The lowest BCUT2D eigenvalue weighted by Gasteiger charge is -2.41. The van der Waals surface area contributed by atoms with E-state index in [0.29, 0.717) is 92.3 Å². The molecule has 0 radical (unpaired) electrons. The van der Waals surface area contributed by atoms with E-state index in [1.165, 1.54) is 38.5 Å². The number of ether oxygens (including phenoxy) is 1. The number of aliphatic hydroxyl groups is 3. The van der Waals surface area contributed by atoms with Crippen LogP contribution in [0.3, 0.4) is 0 Å². The number of carbonyl (C=O) groups is 2. The molecule has 0 aromatic heterocycles. The summed E-state index contributed by atoms with van der Waals surface area (Å²) in [5.41, 5.74) is 5.40. The molecule has 7 aliphatic rings. The number of Topliss-reactive ketones (excluding diaryl/α,β-unsaturated/α-hetero) is 2. The van der Waals surface area contributed by atoms with Gasteiger partial charge >= 0.3 is 0 Å². The maximum Gasteiger partial charge on any atom is 0.153 e. The predicted molar refractivity (Wildman–Crippen MR) is 221 cm³/mol. The molecule has 9 N–H and O–H groups in total. The van der Waals surface area contributed by atoms with Gasteiger partial charge in [-0.2, -0.15) is 0 Å². The van der Waals surface area contributed by atoms with Crippen molar-refractivity contribution in [2.24, 2.45) is 64.4 Å². The average molecular weight is 794 g/mol. The number of quaternary nitrogens is 2. The normalized spacial score (nSPS) is 41.9. The lowest BCUT2D eigenvalue weighted by atomic mass is 9.64. The summed E-state index contributed by atoms with van der Waals surface area (Å²) < 4.78 is 5.74. The molecule has 4 saturated carbocycles. The number of ketones is 2. The van der Waals surface area contributed by atoms with Crippen LogP contribution in [0.25, 0.3) is 0 Å². The third kappa shape index (κ3) is 11.0. The van der Waals surface area contributed by atoms with Crippen LogP contribution in [0.4, 0.5) is 0 Å². The van der Waals surface area contributed by atoms with Gasteiger partial charge in [0.1, 0.15) is 17.4 Å². The second kappa shape index (κ2) is 20.3. The predicted octanol–water partition coefficient (Wildman–Crippen LogP) is 4.16. The minimum Gasteiger partial charge on any atom is -0.393 e. The molecule has 320 valence electrons. The molecule has 6 fully saturated rings. The summed E-state index contributed by atoms with van der Waals surface area (Å²) in [5.74, 6) is 11.1. The molecular weight excluding hydrogens is 715 g/mol. The number of rotatable bonds is 12. The number of methoxy groups -OCH3 is 1. The summed E-state index contributed by atoms with van der Waals surface area (Å²) in [6.45, 7) is 2.14. The van der Waals surface area contributed by atoms with Gasteiger partial charge < -0.3 is 30.7 Å². The molecule has 57 heavy (non-hydrogen) atoms. The highest BCUT2D eigenvalue weighted by Crippen LogP contribution is 2.47. The van der Waals surface area contributed by atoms with Crippen LogP contribution >= 0.6 is 0 Å². The fourth-order valence-electron chi connectivity index (χ4n) is 13.1. The Bertz CT molecular complexity index is 1420. The molecule has 0 aromatic rings. The van der Waals surface area contributed by atoms with Gasteiger partial charge in [0.15, 0.2) is 5.78 Å². The van der Waals surface area contributed by atoms with Crippen LogP contribution in [0.1, 0.15) is 148 Å². The third-order valence-corrected chi connectivity index (χ3v) is 16.8. The molecule has 5 aliphatic carbocycles. The van der Waals surface area contributed by atoms with E-state index >= 15 is 0 Å². The second-order valence-corrected chi connectivity index (χ2v) is 20.4. The summed E-state index contributed by atoms with van der Waals surface area (Å²) in [6.07, 6.45) is 24.2. The molecule has 7 rings (SSSR count). The zero-order chi connectivity index (χ0) is 39.9. The number of carbonyl (C=O) groups excluding carboxylic acids is 2. The first kappa shape index (κ1) is 43.4. The summed E-state index contributed by atoms with van der Waals surface area (Å²) in [4.78, 5) is 26.3. The van der Waals surface area contributed by atoms with Crippen molar-refractivity contribution in [2.75, 3.05) is 20.2 Å². The topological polar surface area (TPSA) is 163 Å². The zero-order valence-corrected chi connectivity index (χ0v) is 35.3. The Morgan fingerprint density at radius 1 is 0.912 bits per heavy atom. The number of fused-ring (bicyclic) bond motifs is 2. The Labute approximate surface area is 343 Å². The summed E-state index contributed by atoms with van der Waals surface area (Å²) >= 11 is 0. The van der Waals surface area contributed by atoms with Gasteiger partial charge in [-0.15, -0.1) is 0 Å². The standard InChI is InChI=1S/C48H77N3O6/c1-57-44-26-37-13-16-45(55)48(20-17-32(24-46(48)56)7-8-33-23-38-12-15-40(53)28-42(38)51-30-33)21-18-34(41(37)29-43(44)54)11-14-39(52)25-35(36-19-22-50-47(49)27-36)10-9-31-5-3-2-4-6-31/h9-10,31-39,41-44,46-47,50-52,54,56H,2-8,11-17,19-20,22-30,49H2,1H3/p+2/t32-,33+,34-,35-,36?,37?,38-,39-,41?,42+,43?,44?,46+,47?,48+/m0/s1. The quantitative estimate of drug-likeness (QED) is 0.128. The Kier molecular flexibility index (Phi) is 15.5. The number of piperidine rings is 2. The van der Waals surface area contributed by atoms with Gasteiger partial charge in [0.05, 0.1) is 50.0 Å². The highest BCUT2D eigenvalue weighted by atomic mass is 16.5. The van der Waals surface area contributed by atoms with E-state index in [0.717, 1.165) is 77.3 Å². The minimum atomic E-state index is -1.04. The smallest absolute Gasteiger partial charge is 0.153 e. The van der Waals surface area contributed by atoms with Gasteiger partial charge in [0, 0.05) is 50.5 Å². The average Bonchev–Trinajstić information content (AvgIpc) is 3.26. The lowest BCUT2D eigenvalue weighted by molar-refractivity contribution is -0.711. The summed E-state index contributed by atoms with van der Waals surface area (Å²) in [6, 6.07) is 0.483. The first-order chi connectivity index (χ1) is 27.6. The van der Waals surface area contributed by atoms with E-state index in [9.17, 15) is 24.9 Å². The van der Waals surface area contributed by atoms with E-state index in [1.54, 1.807) is 7.11 Å². The number of nitrogens with two attached hydrogens (primary N) is 3. The molecule has 6 unspecified atom stereocenters. The summed E-state index contributed by atoms with van der Waals surface area (Å²) in [5, 5.41) is 39.6. The van der Waals surface area contributed by atoms with Gasteiger partial charge in [-0.1, -0.05) is 43.3 Å². The van der Waals surface area contributed by atoms with Crippen molar-refractivity contribution in [3.8, 4) is 11.8 Å².